The lowest BCUT2D eigenvalue weighted by molar-refractivity contribution is 0.0391. The molecule has 124 valence electrons. The molecule has 2 nitrogen and oxygen atoms in total. The molecule has 0 saturated heterocycles. The topological polar surface area (TPSA) is 26.3 Å². The Balaban J connectivity index is 1.49. The number of carbonyl (C=O) groups is 1. The van der Waals surface area contributed by atoms with Gasteiger partial charge in [0.25, 0.3) is 0 Å². The van der Waals surface area contributed by atoms with Crippen molar-refractivity contribution in [2.45, 2.75) is 31.8 Å². The second-order valence-electron chi connectivity index (χ2n) is 6.73. The number of aryl methyl sites for hydroxylation is 2. The van der Waals surface area contributed by atoms with E-state index in [1.165, 1.54) is 34.4 Å². The number of rotatable bonds is 2. The van der Waals surface area contributed by atoms with Crippen LogP contribution in [0.4, 0.5) is 0 Å². The Morgan fingerprint density at radius 2 is 1.56 bits per heavy atom. The van der Waals surface area contributed by atoms with Gasteiger partial charge in [-0.2, -0.15) is 0 Å². The Morgan fingerprint density at radius 3 is 2.24 bits per heavy atom. The van der Waals surface area contributed by atoms with Gasteiger partial charge in [0.2, 0.25) is 0 Å². The Morgan fingerprint density at radius 1 is 0.920 bits per heavy atom. The fourth-order valence-corrected chi connectivity index (χ4v) is 5.13. The normalized spacial score (nSPS) is 15.4. The van der Waals surface area contributed by atoms with Crippen molar-refractivity contribution in [3.63, 3.8) is 0 Å². The maximum Gasteiger partial charge on any atom is 0.349 e. The van der Waals surface area contributed by atoms with Crippen molar-refractivity contribution >= 4 is 17.3 Å². The third-order valence-electron chi connectivity index (χ3n) is 5.20. The number of benzene rings is 2. The number of thiophene rings is 1. The molecule has 0 unspecified atom stereocenters. The van der Waals surface area contributed by atoms with Gasteiger partial charge >= 0.3 is 5.97 Å². The van der Waals surface area contributed by atoms with Crippen molar-refractivity contribution < 1.29 is 9.53 Å². The van der Waals surface area contributed by atoms with Gasteiger partial charge in [-0.1, -0.05) is 48.5 Å². The highest BCUT2D eigenvalue weighted by Gasteiger charge is 2.32. The highest BCUT2D eigenvalue weighted by atomic mass is 32.1. The molecule has 0 amide bonds. The lowest BCUT2D eigenvalue weighted by atomic mass is 9.99. The minimum atomic E-state index is -0.306. The molecule has 0 saturated carbocycles. The maximum atomic E-state index is 12.8. The zero-order chi connectivity index (χ0) is 16.8. The van der Waals surface area contributed by atoms with E-state index < -0.39 is 0 Å². The van der Waals surface area contributed by atoms with Gasteiger partial charge < -0.3 is 4.74 Å². The van der Waals surface area contributed by atoms with Gasteiger partial charge in [-0.25, -0.2) is 4.79 Å². The SMILES string of the molecule is O=C(OC1c2ccccc2-c2ccccc21)c1cc2c(s1)CCCC2. The lowest BCUT2D eigenvalue weighted by Gasteiger charge is -2.14. The largest absolute Gasteiger partial charge is 0.448 e. The molecular formula is C22H18O2S. The Kier molecular flexibility index (Phi) is 3.49. The summed E-state index contributed by atoms with van der Waals surface area (Å²) < 4.78 is 6.00. The second-order valence-corrected chi connectivity index (χ2v) is 7.86. The second kappa shape index (κ2) is 5.85. The van der Waals surface area contributed by atoms with E-state index in [4.69, 9.17) is 4.74 Å². The summed E-state index contributed by atoms with van der Waals surface area (Å²) in [7, 11) is 0. The quantitative estimate of drug-likeness (QED) is 0.568. The summed E-state index contributed by atoms with van der Waals surface area (Å²) in [6.07, 6.45) is 4.34. The van der Waals surface area contributed by atoms with Crippen LogP contribution in [0.1, 0.15) is 50.2 Å². The first-order valence-corrected chi connectivity index (χ1v) is 9.64. The van der Waals surface area contributed by atoms with E-state index in [1.54, 1.807) is 11.3 Å². The predicted molar refractivity (Wildman–Crippen MR) is 100 cm³/mol. The molecule has 0 spiro atoms. The third-order valence-corrected chi connectivity index (χ3v) is 6.42. The van der Waals surface area contributed by atoms with Crippen LogP contribution in [0.15, 0.2) is 54.6 Å². The van der Waals surface area contributed by atoms with Crippen molar-refractivity contribution in [1.82, 2.24) is 0 Å². The summed E-state index contributed by atoms with van der Waals surface area (Å²) in [5.74, 6) is -0.198. The summed E-state index contributed by atoms with van der Waals surface area (Å²) in [5.41, 5.74) is 5.84. The van der Waals surface area contributed by atoms with Gasteiger partial charge in [-0.15, -0.1) is 11.3 Å². The minimum Gasteiger partial charge on any atom is -0.448 e. The van der Waals surface area contributed by atoms with Crippen LogP contribution in [0.2, 0.25) is 0 Å². The summed E-state index contributed by atoms with van der Waals surface area (Å²) in [6.45, 7) is 0. The van der Waals surface area contributed by atoms with Crippen LogP contribution in [0, 0.1) is 0 Å². The number of fused-ring (bicyclic) bond motifs is 4. The van der Waals surface area contributed by atoms with Gasteiger partial charge in [0.15, 0.2) is 6.10 Å². The van der Waals surface area contributed by atoms with Crippen LogP contribution in [-0.2, 0) is 17.6 Å². The van der Waals surface area contributed by atoms with Crippen LogP contribution < -0.4 is 0 Å². The average Bonchev–Trinajstić information content (AvgIpc) is 3.22. The molecule has 2 aliphatic rings. The van der Waals surface area contributed by atoms with E-state index in [9.17, 15) is 4.79 Å². The van der Waals surface area contributed by atoms with Crippen molar-refractivity contribution in [3.05, 3.63) is 81.0 Å². The molecule has 1 heterocycles. The van der Waals surface area contributed by atoms with Crippen LogP contribution in [0.25, 0.3) is 11.1 Å². The minimum absolute atomic E-state index is 0.198. The molecule has 0 N–H and O–H groups in total. The van der Waals surface area contributed by atoms with Crippen LogP contribution in [-0.4, -0.2) is 5.97 Å². The van der Waals surface area contributed by atoms with Crippen molar-refractivity contribution in [2.75, 3.05) is 0 Å². The summed E-state index contributed by atoms with van der Waals surface area (Å²) in [5, 5.41) is 0. The zero-order valence-electron chi connectivity index (χ0n) is 13.8. The Bertz CT molecular complexity index is 901. The molecule has 0 radical (unpaired) electrons. The van der Waals surface area contributed by atoms with Crippen molar-refractivity contribution in [1.29, 1.82) is 0 Å². The van der Waals surface area contributed by atoms with E-state index in [1.807, 2.05) is 30.3 Å². The molecular weight excluding hydrogens is 328 g/mol. The van der Waals surface area contributed by atoms with Gasteiger partial charge in [-0.05, 0) is 48.4 Å². The number of carbonyl (C=O) groups excluding carboxylic acids is 1. The molecule has 2 aliphatic carbocycles. The number of hydrogen-bond acceptors (Lipinski definition) is 3. The maximum absolute atomic E-state index is 12.8. The van der Waals surface area contributed by atoms with Crippen LogP contribution in [0.3, 0.4) is 0 Å². The first kappa shape index (κ1) is 14.9. The summed E-state index contributed by atoms with van der Waals surface area (Å²) in [6, 6.07) is 18.5. The summed E-state index contributed by atoms with van der Waals surface area (Å²) >= 11 is 1.61. The standard InChI is InChI=1S/C22H18O2S/c23-22(20-13-14-7-1-6-12-19(14)25-20)24-21-17-10-4-2-8-15(17)16-9-3-5-11-18(16)21/h2-5,8-11,13,21H,1,6-7,12H2. The number of esters is 1. The molecule has 0 bridgehead atoms. The first-order chi connectivity index (χ1) is 12.3. The lowest BCUT2D eigenvalue weighted by Crippen LogP contribution is -2.09. The van der Waals surface area contributed by atoms with E-state index in [2.05, 4.69) is 24.3 Å². The van der Waals surface area contributed by atoms with Gasteiger partial charge in [0.1, 0.15) is 4.88 Å². The molecule has 5 rings (SSSR count). The molecule has 0 atom stereocenters. The van der Waals surface area contributed by atoms with E-state index in [0.29, 0.717) is 0 Å². The highest BCUT2D eigenvalue weighted by Crippen LogP contribution is 2.45. The monoisotopic (exact) mass is 346 g/mol. The third kappa shape index (κ3) is 2.42. The zero-order valence-corrected chi connectivity index (χ0v) is 14.6. The molecule has 0 aliphatic heterocycles. The summed E-state index contributed by atoms with van der Waals surface area (Å²) in [4.78, 5) is 14.9. The van der Waals surface area contributed by atoms with E-state index in [-0.39, 0.29) is 12.1 Å². The molecule has 0 fully saturated rings. The van der Waals surface area contributed by atoms with Gasteiger partial charge in [-0.3, -0.25) is 0 Å². The average molecular weight is 346 g/mol. The molecule has 2 aromatic carbocycles. The Labute approximate surface area is 151 Å². The van der Waals surface area contributed by atoms with Crippen molar-refractivity contribution in [3.8, 4) is 11.1 Å². The van der Waals surface area contributed by atoms with Crippen LogP contribution in [0.5, 0.6) is 0 Å². The predicted octanol–water partition coefficient (Wildman–Crippen LogP) is 5.55. The molecule has 3 heteroatoms. The Hall–Kier alpha value is -2.39. The smallest absolute Gasteiger partial charge is 0.349 e. The fraction of sp³-hybridized carbons (Fsp3) is 0.227. The van der Waals surface area contributed by atoms with Gasteiger partial charge in [0.05, 0.1) is 0 Å². The fourth-order valence-electron chi connectivity index (χ4n) is 3.99. The number of hydrogen-bond donors (Lipinski definition) is 0. The number of ether oxygens (including phenoxy) is 1. The van der Waals surface area contributed by atoms with E-state index in [0.717, 1.165) is 28.8 Å². The first-order valence-electron chi connectivity index (χ1n) is 8.82. The molecule has 25 heavy (non-hydrogen) atoms. The van der Waals surface area contributed by atoms with Gasteiger partial charge in [0, 0.05) is 16.0 Å². The molecule has 3 aromatic rings. The highest BCUT2D eigenvalue weighted by molar-refractivity contribution is 7.14. The van der Waals surface area contributed by atoms with E-state index >= 15 is 0 Å². The van der Waals surface area contributed by atoms with Crippen molar-refractivity contribution in [2.24, 2.45) is 0 Å². The molecule has 1 aromatic heterocycles. The van der Waals surface area contributed by atoms with Crippen LogP contribution >= 0.6 is 11.3 Å².